The Morgan fingerprint density at radius 1 is 1.27 bits per heavy atom. The largest absolute Gasteiger partial charge is 0.330 e. The lowest BCUT2D eigenvalue weighted by molar-refractivity contribution is 0.346. The van der Waals surface area contributed by atoms with E-state index in [0.717, 1.165) is 12.5 Å². The standard InChI is InChI=1S/C5H13N.C5H10/c1-2-3-4-5-6;1-5-3-2-4-5/h2-6H2,1H3;5H,2-4H2,1H3. The van der Waals surface area contributed by atoms with E-state index in [0.29, 0.717) is 0 Å². The molecule has 0 amide bonds. The maximum absolute atomic E-state index is 5.21. The lowest BCUT2D eigenvalue weighted by atomic mass is 9.88. The van der Waals surface area contributed by atoms with Crippen LogP contribution in [0.15, 0.2) is 0 Å². The molecule has 0 aliphatic heterocycles. The summed E-state index contributed by atoms with van der Waals surface area (Å²) < 4.78 is 0. The van der Waals surface area contributed by atoms with Crippen LogP contribution in [-0.2, 0) is 0 Å². The van der Waals surface area contributed by atoms with E-state index >= 15 is 0 Å². The van der Waals surface area contributed by atoms with Gasteiger partial charge >= 0.3 is 0 Å². The van der Waals surface area contributed by atoms with Crippen molar-refractivity contribution in [3.63, 3.8) is 0 Å². The summed E-state index contributed by atoms with van der Waals surface area (Å²) in [5.41, 5.74) is 5.21. The molecule has 1 saturated carbocycles. The normalized spacial score (nSPS) is 16.6. The fourth-order valence-corrected chi connectivity index (χ4v) is 1.01. The molecule has 1 nitrogen and oxygen atoms in total. The van der Waals surface area contributed by atoms with Gasteiger partial charge < -0.3 is 5.73 Å². The highest BCUT2D eigenvalue weighted by Crippen LogP contribution is 2.24. The lowest BCUT2D eigenvalue weighted by Crippen LogP contribution is -2.04. The van der Waals surface area contributed by atoms with Gasteiger partial charge in [-0.3, -0.25) is 0 Å². The summed E-state index contributed by atoms with van der Waals surface area (Å²) in [6, 6.07) is 0. The highest BCUT2D eigenvalue weighted by Gasteiger charge is 2.09. The van der Waals surface area contributed by atoms with E-state index in [4.69, 9.17) is 5.73 Å². The van der Waals surface area contributed by atoms with Gasteiger partial charge in [-0.1, -0.05) is 46.0 Å². The Labute approximate surface area is 71.4 Å². The first-order valence-corrected chi connectivity index (χ1v) is 5.01. The third-order valence-corrected chi connectivity index (χ3v) is 2.20. The van der Waals surface area contributed by atoms with Crippen LogP contribution in [0.3, 0.4) is 0 Å². The maximum Gasteiger partial charge on any atom is -0.00773 e. The van der Waals surface area contributed by atoms with Crippen LogP contribution in [0.2, 0.25) is 0 Å². The Balaban J connectivity index is 0.000000183. The van der Waals surface area contributed by atoms with Gasteiger partial charge in [0.25, 0.3) is 0 Å². The van der Waals surface area contributed by atoms with Crippen LogP contribution in [0.1, 0.15) is 52.4 Å². The predicted molar refractivity (Wildman–Crippen MR) is 51.6 cm³/mol. The minimum atomic E-state index is 0.855. The van der Waals surface area contributed by atoms with E-state index in [1.54, 1.807) is 0 Å². The smallest absolute Gasteiger partial charge is 0.00773 e. The van der Waals surface area contributed by atoms with Crippen LogP contribution in [0.25, 0.3) is 0 Å². The van der Waals surface area contributed by atoms with Crippen molar-refractivity contribution in [1.29, 1.82) is 0 Å². The van der Waals surface area contributed by atoms with E-state index in [1.807, 2.05) is 0 Å². The quantitative estimate of drug-likeness (QED) is 0.626. The van der Waals surface area contributed by atoms with E-state index in [-0.39, 0.29) is 0 Å². The molecule has 0 aromatic carbocycles. The van der Waals surface area contributed by atoms with Crippen LogP contribution >= 0.6 is 0 Å². The van der Waals surface area contributed by atoms with Gasteiger partial charge in [0, 0.05) is 0 Å². The Morgan fingerprint density at radius 3 is 1.91 bits per heavy atom. The molecule has 0 radical (unpaired) electrons. The maximum atomic E-state index is 5.21. The summed E-state index contributed by atoms with van der Waals surface area (Å²) in [6.45, 7) is 5.34. The molecule has 68 valence electrons. The molecule has 0 atom stereocenters. The second kappa shape index (κ2) is 8.06. The van der Waals surface area contributed by atoms with Crippen molar-refractivity contribution in [1.82, 2.24) is 0 Å². The molecule has 0 spiro atoms. The molecule has 1 aliphatic rings. The molecular formula is C10H23N. The zero-order valence-electron chi connectivity index (χ0n) is 8.10. The van der Waals surface area contributed by atoms with Crippen molar-refractivity contribution in [2.24, 2.45) is 11.7 Å². The van der Waals surface area contributed by atoms with Crippen LogP contribution in [0.4, 0.5) is 0 Å². The molecule has 1 rings (SSSR count). The van der Waals surface area contributed by atoms with Crippen molar-refractivity contribution in [3.8, 4) is 0 Å². The first-order chi connectivity index (χ1) is 5.31. The van der Waals surface area contributed by atoms with Crippen molar-refractivity contribution in [2.45, 2.75) is 52.4 Å². The van der Waals surface area contributed by atoms with Crippen LogP contribution in [0.5, 0.6) is 0 Å². The van der Waals surface area contributed by atoms with Crippen LogP contribution < -0.4 is 5.73 Å². The first kappa shape index (κ1) is 11.0. The molecule has 1 fully saturated rings. The molecule has 0 bridgehead atoms. The summed E-state index contributed by atoms with van der Waals surface area (Å²) in [4.78, 5) is 0. The van der Waals surface area contributed by atoms with Gasteiger partial charge in [-0.15, -0.1) is 0 Å². The van der Waals surface area contributed by atoms with Crippen LogP contribution in [0, 0.1) is 5.92 Å². The summed E-state index contributed by atoms with van der Waals surface area (Å²) in [6.07, 6.45) is 8.21. The van der Waals surface area contributed by atoms with Crippen molar-refractivity contribution in [2.75, 3.05) is 6.54 Å². The fraction of sp³-hybridized carbons (Fsp3) is 1.00. The van der Waals surface area contributed by atoms with E-state index < -0.39 is 0 Å². The Bertz CT molecular complexity index is 63.3. The number of hydrogen-bond donors (Lipinski definition) is 1. The van der Waals surface area contributed by atoms with Gasteiger partial charge in [-0.05, 0) is 18.9 Å². The average Bonchev–Trinajstić information content (AvgIpc) is 1.98. The number of unbranched alkanes of at least 4 members (excludes halogenated alkanes) is 2. The third-order valence-electron chi connectivity index (χ3n) is 2.20. The summed E-state index contributed by atoms with van der Waals surface area (Å²) in [5.74, 6) is 1.06. The topological polar surface area (TPSA) is 26.0 Å². The SMILES string of the molecule is CC1CCC1.CCCCCN. The molecule has 2 N–H and O–H groups in total. The Kier molecular flexibility index (Phi) is 8.03. The van der Waals surface area contributed by atoms with Gasteiger partial charge in [-0.25, -0.2) is 0 Å². The summed E-state index contributed by atoms with van der Waals surface area (Å²) in [5, 5.41) is 0. The van der Waals surface area contributed by atoms with Crippen molar-refractivity contribution >= 4 is 0 Å². The molecule has 1 aliphatic carbocycles. The highest BCUT2D eigenvalue weighted by atomic mass is 14.5. The fourth-order valence-electron chi connectivity index (χ4n) is 1.01. The second-order valence-electron chi connectivity index (χ2n) is 3.53. The van der Waals surface area contributed by atoms with Gasteiger partial charge in [-0.2, -0.15) is 0 Å². The third kappa shape index (κ3) is 7.86. The van der Waals surface area contributed by atoms with E-state index in [9.17, 15) is 0 Å². The first-order valence-electron chi connectivity index (χ1n) is 5.01. The summed E-state index contributed by atoms with van der Waals surface area (Å²) in [7, 11) is 0. The molecule has 0 saturated heterocycles. The highest BCUT2D eigenvalue weighted by molar-refractivity contribution is 4.62. The Morgan fingerprint density at radius 2 is 1.82 bits per heavy atom. The molecule has 0 aromatic rings. The van der Waals surface area contributed by atoms with Crippen molar-refractivity contribution in [3.05, 3.63) is 0 Å². The zero-order chi connectivity index (χ0) is 8.53. The number of hydrogen-bond acceptors (Lipinski definition) is 1. The van der Waals surface area contributed by atoms with Gasteiger partial charge in [0.15, 0.2) is 0 Å². The Hall–Kier alpha value is -0.0400. The van der Waals surface area contributed by atoms with Gasteiger partial charge in [0.2, 0.25) is 0 Å². The molecule has 11 heavy (non-hydrogen) atoms. The summed E-state index contributed by atoms with van der Waals surface area (Å²) >= 11 is 0. The second-order valence-corrected chi connectivity index (χ2v) is 3.53. The zero-order valence-corrected chi connectivity index (χ0v) is 8.10. The number of rotatable bonds is 3. The average molecular weight is 157 g/mol. The molecule has 0 unspecified atom stereocenters. The minimum absolute atomic E-state index is 0.855. The van der Waals surface area contributed by atoms with E-state index in [2.05, 4.69) is 13.8 Å². The monoisotopic (exact) mass is 157 g/mol. The molecular weight excluding hydrogens is 134 g/mol. The number of nitrogens with two attached hydrogens (primary N) is 1. The molecule has 0 aromatic heterocycles. The van der Waals surface area contributed by atoms with E-state index in [1.165, 1.54) is 38.5 Å². The van der Waals surface area contributed by atoms with Crippen molar-refractivity contribution < 1.29 is 0 Å². The van der Waals surface area contributed by atoms with Gasteiger partial charge in [0.1, 0.15) is 0 Å². The minimum Gasteiger partial charge on any atom is -0.330 e. The van der Waals surface area contributed by atoms with Gasteiger partial charge in [0.05, 0.1) is 0 Å². The molecule has 0 heterocycles. The van der Waals surface area contributed by atoms with Crippen LogP contribution in [-0.4, -0.2) is 6.54 Å². The predicted octanol–water partition coefficient (Wildman–Crippen LogP) is 2.94. The lowest BCUT2D eigenvalue weighted by Gasteiger charge is -2.18. The molecule has 1 heteroatoms.